The molecule has 2 heterocycles. The van der Waals surface area contributed by atoms with Crippen LogP contribution >= 0.6 is 0 Å². The van der Waals surface area contributed by atoms with Gasteiger partial charge in [0.1, 0.15) is 11.6 Å². The number of aryl methyl sites for hydroxylation is 3. The largest absolute Gasteiger partial charge is 0.507 e. The van der Waals surface area contributed by atoms with Gasteiger partial charge in [0.2, 0.25) is 0 Å². The van der Waals surface area contributed by atoms with E-state index < -0.39 is 26.0 Å². The highest BCUT2D eigenvalue weighted by Crippen LogP contribution is 2.45. The summed E-state index contributed by atoms with van der Waals surface area (Å²) in [5.41, 5.74) is 10.1. The predicted octanol–water partition coefficient (Wildman–Crippen LogP) is 15.6. The average molecular weight is 831 g/mol. The Labute approximate surface area is 385 Å². The van der Waals surface area contributed by atoms with E-state index in [4.69, 9.17) is 22.3 Å². The van der Waals surface area contributed by atoms with Crippen LogP contribution in [-0.4, -0.2) is 19.6 Å². The first-order valence-electron chi connectivity index (χ1n) is 25.7. The monoisotopic (exact) mass is 830 g/mol. The van der Waals surface area contributed by atoms with Crippen LogP contribution in [0.25, 0.3) is 83.9 Å². The van der Waals surface area contributed by atoms with Crippen molar-refractivity contribution in [1.82, 2.24) is 14.5 Å². The summed E-state index contributed by atoms with van der Waals surface area (Å²) in [6.45, 7) is 4.89. The fourth-order valence-electron chi connectivity index (χ4n) is 8.40. The van der Waals surface area contributed by atoms with Crippen LogP contribution in [0.15, 0.2) is 164 Å². The Hall–Kier alpha value is -7.04. The van der Waals surface area contributed by atoms with Crippen molar-refractivity contribution in [3.8, 4) is 78.6 Å². The number of hydrogen-bond donors (Lipinski definition) is 1. The van der Waals surface area contributed by atoms with Crippen LogP contribution in [0, 0.1) is 20.6 Å². The zero-order valence-electron chi connectivity index (χ0n) is 45.4. The van der Waals surface area contributed by atoms with Gasteiger partial charge < -0.3 is 5.11 Å². The van der Waals surface area contributed by atoms with Gasteiger partial charge in [-0.3, -0.25) is 9.55 Å². The summed E-state index contributed by atoms with van der Waals surface area (Å²) in [6, 6.07) is 48.8. The maximum Gasteiger partial charge on any atom is 0.149 e. The lowest BCUT2D eigenvalue weighted by Gasteiger charge is -2.27. The SMILES string of the molecule is [2H]C([2H])([2H])c1cc(-c2ccnc(-c3cc(-c4ccccc4)cc(-c4cccc5c4nc(-c4cc(C(C)(C)C)cc(C(C)(C)C)c4O)n5-c4ccc(-c5ccccc5)cc4C([2H])([2H])[2H])c3)c2)cc(C([2H])([2H])[2H])c1. The number of aromatic hydroxyl groups is 1. The first-order valence-corrected chi connectivity index (χ1v) is 21.2. The Kier molecular flexibility index (Phi) is 8.07. The van der Waals surface area contributed by atoms with E-state index in [9.17, 15) is 5.11 Å². The van der Waals surface area contributed by atoms with Crippen LogP contribution in [0.4, 0.5) is 0 Å². The molecule has 312 valence electrons. The number of phenols is 1. The van der Waals surface area contributed by atoms with Crippen LogP contribution in [0.5, 0.6) is 5.75 Å². The highest BCUT2D eigenvalue weighted by atomic mass is 16.3. The fraction of sp³-hybridized carbons (Fsp3) is 0.186. The van der Waals surface area contributed by atoms with Gasteiger partial charge in [0, 0.05) is 35.2 Å². The molecule has 4 nitrogen and oxygen atoms in total. The van der Waals surface area contributed by atoms with E-state index >= 15 is 0 Å². The molecule has 7 aromatic carbocycles. The Morgan fingerprint density at radius 3 is 1.83 bits per heavy atom. The summed E-state index contributed by atoms with van der Waals surface area (Å²) in [7, 11) is 0. The van der Waals surface area contributed by atoms with Gasteiger partial charge in [0.25, 0.3) is 0 Å². The molecule has 0 aliphatic heterocycles. The number of phenolic OH excluding ortho intramolecular Hbond substituents is 1. The zero-order chi connectivity index (χ0) is 51.7. The fourth-order valence-corrected chi connectivity index (χ4v) is 8.40. The molecule has 9 aromatic rings. The molecule has 4 heteroatoms. The Balaban J connectivity index is 1.33. The molecule has 0 spiro atoms. The van der Waals surface area contributed by atoms with Crippen LogP contribution in [0.1, 0.15) is 81.7 Å². The molecule has 0 fully saturated rings. The van der Waals surface area contributed by atoms with Gasteiger partial charge in [-0.15, -0.1) is 0 Å². The molecular formula is C59H55N3O. The lowest BCUT2D eigenvalue weighted by atomic mass is 9.79. The first-order chi connectivity index (χ1) is 33.8. The van der Waals surface area contributed by atoms with Crippen molar-refractivity contribution in [2.75, 3.05) is 0 Å². The number of benzene rings is 7. The standard InChI is InChI=1S/C59H55N3O/c1-37-27-38(2)29-44(28-37)43-25-26-60-52(34-43)47-32-45(41-19-14-11-15-20-41)31-46(33-47)49-21-16-22-54-55(49)61-57(50-35-48(58(4,5)6)36-51(56(50)63)59(7,8)9)62(54)53-24-23-42(30-39(53)3)40-17-12-10-13-18-40/h10-36,63H,1-9H3/i1D3,2D3,3D3. The molecule has 9 rings (SSSR count). The van der Waals surface area contributed by atoms with Gasteiger partial charge >= 0.3 is 0 Å². The Morgan fingerprint density at radius 1 is 0.508 bits per heavy atom. The molecule has 0 bridgehead atoms. The smallest absolute Gasteiger partial charge is 0.149 e. The molecule has 0 amide bonds. The summed E-state index contributed by atoms with van der Waals surface area (Å²) >= 11 is 0. The van der Waals surface area contributed by atoms with E-state index in [1.807, 2.05) is 120 Å². The summed E-state index contributed by atoms with van der Waals surface area (Å²) in [5, 5.41) is 12.5. The van der Waals surface area contributed by atoms with Crippen molar-refractivity contribution in [3.63, 3.8) is 0 Å². The van der Waals surface area contributed by atoms with Gasteiger partial charge in [0.15, 0.2) is 0 Å². The zero-order valence-corrected chi connectivity index (χ0v) is 36.4. The van der Waals surface area contributed by atoms with Crippen molar-refractivity contribution < 1.29 is 17.4 Å². The van der Waals surface area contributed by atoms with E-state index in [0.29, 0.717) is 44.9 Å². The molecule has 0 radical (unpaired) electrons. The van der Waals surface area contributed by atoms with Crippen LogP contribution in [0.3, 0.4) is 0 Å². The second-order valence-corrected chi connectivity index (χ2v) is 18.4. The molecule has 0 saturated carbocycles. The van der Waals surface area contributed by atoms with Crippen LogP contribution in [0.2, 0.25) is 0 Å². The van der Waals surface area contributed by atoms with E-state index in [1.165, 1.54) is 18.2 Å². The van der Waals surface area contributed by atoms with Crippen molar-refractivity contribution in [2.45, 2.75) is 72.9 Å². The van der Waals surface area contributed by atoms with Crippen molar-refractivity contribution >= 4 is 11.0 Å². The van der Waals surface area contributed by atoms with Gasteiger partial charge in [-0.25, -0.2) is 4.98 Å². The number of fused-ring (bicyclic) bond motifs is 1. The third kappa shape index (κ3) is 8.10. The number of rotatable bonds is 7. The van der Waals surface area contributed by atoms with Crippen molar-refractivity contribution in [1.29, 1.82) is 0 Å². The maximum absolute atomic E-state index is 12.5. The third-order valence-electron chi connectivity index (χ3n) is 11.7. The van der Waals surface area contributed by atoms with E-state index in [-0.39, 0.29) is 27.9 Å². The minimum atomic E-state index is -2.56. The molecule has 2 aromatic heterocycles. The number of nitrogens with zero attached hydrogens (tertiary/aromatic N) is 3. The van der Waals surface area contributed by atoms with E-state index in [0.717, 1.165) is 50.1 Å². The summed E-state index contributed by atoms with van der Waals surface area (Å²) in [5.74, 6) is 0.425. The second-order valence-electron chi connectivity index (χ2n) is 18.4. The first kappa shape index (κ1) is 31.8. The van der Waals surface area contributed by atoms with Crippen LogP contribution < -0.4 is 0 Å². The highest BCUT2D eigenvalue weighted by molar-refractivity contribution is 5.98. The third-order valence-corrected chi connectivity index (χ3v) is 11.7. The lowest BCUT2D eigenvalue weighted by Crippen LogP contribution is -2.17. The van der Waals surface area contributed by atoms with Crippen LogP contribution in [-0.2, 0) is 10.8 Å². The number of pyridine rings is 1. The van der Waals surface area contributed by atoms with Gasteiger partial charge in [0.05, 0.1) is 28.0 Å². The van der Waals surface area contributed by atoms with Gasteiger partial charge in [-0.1, -0.05) is 156 Å². The summed E-state index contributed by atoms with van der Waals surface area (Å²) in [6.07, 6.45) is 1.63. The molecule has 0 aliphatic carbocycles. The molecule has 0 unspecified atom stereocenters. The molecular weight excluding hydrogens is 767 g/mol. The molecule has 0 atom stereocenters. The maximum atomic E-state index is 12.5. The van der Waals surface area contributed by atoms with E-state index in [1.54, 1.807) is 18.3 Å². The number of imidazole rings is 1. The molecule has 0 aliphatic rings. The topological polar surface area (TPSA) is 50.9 Å². The average Bonchev–Trinajstić information content (AvgIpc) is 3.72. The van der Waals surface area contributed by atoms with E-state index in [2.05, 4.69) is 53.7 Å². The summed E-state index contributed by atoms with van der Waals surface area (Å²) < 4.78 is 77.6. The van der Waals surface area contributed by atoms with Crippen molar-refractivity contribution in [3.05, 3.63) is 192 Å². The molecule has 63 heavy (non-hydrogen) atoms. The molecule has 1 N–H and O–H groups in total. The van der Waals surface area contributed by atoms with Gasteiger partial charge in [-0.2, -0.15) is 0 Å². The Morgan fingerprint density at radius 2 is 1.16 bits per heavy atom. The predicted molar refractivity (Wildman–Crippen MR) is 265 cm³/mol. The van der Waals surface area contributed by atoms with Crippen molar-refractivity contribution in [2.24, 2.45) is 0 Å². The minimum absolute atomic E-state index is 0.0552. The normalized spacial score (nSPS) is 14.7. The molecule has 0 saturated heterocycles. The Bertz CT molecular complexity index is 3470. The quantitative estimate of drug-likeness (QED) is 0.174. The van der Waals surface area contributed by atoms with Gasteiger partial charge in [-0.05, 0) is 136 Å². The highest BCUT2D eigenvalue weighted by Gasteiger charge is 2.29. The second kappa shape index (κ2) is 16.0. The number of aromatic nitrogens is 3. The number of para-hydroxylation sites is 1. The number of hydrogen-bond acceptors (Lipinski definition) is 3. The minimum Gasteiger partial charge on any atom is -0.507 e. The summed E-state index contributed by atoms with van der Waals surface area (Å²) in [4.78, 5) is 10.3. The lowest BCUT2D eigenvalue weighted by molar-refractivity contribution is 0.446.